The average molecular weight is 432 g/mol. The number of para-hydroxylation sites is 1. The van der Waals surface area contributed by atoms with Crippen molar-refractivity contribution in [2.45, 2.75) is 18.9 Å². The van der Waals surface area contributed by atoms with Gasteiger partial charge in [0.25, 0.3) is 0 Å². The van der Waals surface area contributed by atoms with Gasteiger partial charge in [-0.15, -0.1) is 0 Å². The number of hydrogen-bond donors (Lipinski definition) is 2. The van der Waals surface area contributed by atoms with E-state index in [9.17, 15) is 14.0 Å². The molecule has 2 heterocycles. The molecule has 4 rings (SSSR count). The third-order valence-corrected chi connectivity index (χ3v) is 5.65. The van der Waals surface area contributed by atoms with Gasteiger partial charge in [0.15, 0.2) is 0 Å². The van der Waals surface area contributed by atoms with E-state index in [0.29, 0.717) is 31.6 Å². The molecule has 0 saturated carbocycles. The minimum Gasteiger partial charge on any atom is -0.343 e. The quantitative estimate of drug-likeness (QED) is 0.629. The molecule has 0 spiro atoms. The molecule has 1 aliphatic rings. The van der Waals surface area contributed by atoms with E-state index in [-0.39, 0.29) is 23.7 Å². The molecular weight excluding hydrogens is 407 g/mol. The lowest BCUT2D eigenvalue weighted by molar-refractivity contribution is -0.126. The number of nitrogens with zero attached hydrogens (tertiary/aromatic N) is 2. The predicted molar refractivity (Wildman–Crippen MR) is 120 cm³/mol. The van der Waals surface area contributed by atoms with E-state index in [1.807, 2.05) is 48.5 Å². The van der Waals surface area contributed by atoms with Gasteiger partial charge in [0.2, 0.25) is 5.91 Å². The first-order chi connectivity index (χ1) is 15.6. The summed E-state index contributed by atoms with van der Waals surface area (Å²) in [6, 6.07) is 20.2. The third kappa shape index (κ3) is 5.29. The van der Waals surface area contributed by atoms with Crippen molar-refractivity contribution in [3.05, 3.63) is 96.1 Å². The zero-order valence-corrected chi connectivity index (χ0v) is 17.6. The SMILES string of the molecule is O=C(NC(c1ccc(F)cc1)c1ccccn1)C1CCN(C(=O)Nc2ccccc2)CC1. The number of urea groups is 1. The number of hydrogen-bond acceptors (Lipinski definition) is 3. The van der Waals surface area contributed by atoms with E-state index in [2.05, 4.69) is 15.6 Å². The van der Waals surface area contributed by atoms with Gasteiger partial charge in [-0.1, -0.05) is 36.4 Å². The lowest BCUT2D eigenvalue weighted by Gasteiger charge is -2.32. The maximum Gasteiger partial charge on any atom is 0.321 e. The summed E-state index contributed by atoms with van der Waals surface area (Å²) in [5.74, 6) is -0.628. The monoisotopic (exact) mass is 432 g/mol. The minimum absolute atomic E-state index is 0.0897. The van der Waals surface area contributed by atoms with Crippen LogP contribution in [-0.2, 0) is 4.79 Å². The number of carbonyl (C=O) groups excluding carboxylic acids is 2. The van der Waals surface area contributed by atoms with Crippen LogP contribution in [0.25, 0.3) is 0 Å². The van der Waals surface area contributed by atoms with Crippen molar-refractivity contribution >= 4 is 17.6 Å². The van der Waals surface area contributed by atoms with Gasteiger partial charge in [0.05, 0.1) is 11.7 Å². The average Bonchev–Trinajstić information content (AvgIpc) is 2.84. The number of piperidine rings is 1. The van der Waals surface area contributed by atoms with Gasteiger partial charge in [-0.25, -0.2) is 9.18 Å². The van der Waals surface area contributed by atoms with Gasteiger partial charge in [0.1, 0.15) is 5.82 Å². The number of aromatic nitrogens is 1. The van der Waals surface area contributed by atoms with E-state index < -0.39 is 6.04 Å². The first kappa shape index (κ1) is 21.5. The summed E-state index contributed by atoms with van der Waals surface area (Å²) in [5, 5.41) is 5.96. The first-order valence-electron chi connectivity index (χ1n) is 10.7. The van der Waals surface area contributed by atoms with Crippen molar-refractivity contribution in [2.75, 3.05) is 18.4 Å². The lowest BCUT2D eigenvalue weighted by Crippen LogP contribution is -2.45. The second-order valence-electron chi connectivity index (χ2n) is 7.81. The Balaban J connectivity index is 1.38. The third-order valence-electron chi connectivity index (χ3n) is 5.65. The Morgan fingerprint density at radius 2 is 1.62 bits per heavy atom. The van der Waals surface area contributed by atoms with Gasteiger partial charge in [-0.2, -0.15) is 0 Å². The summed E-state index contributed by atoms with van der Waals surface area (Å²) in [5.41, 5.74) is 2.19. The van der Waals surface area contributed by atoms with Gasteiger partial charge in [-0.05, 0) is 54.8 Å². The van der Waals surface area contributed by atoms with Crippen molar-refractivity contribution in [2.24, 2.45) is 5.92 Å². The van der Waals surface area contributed by atoms with Crippen LogP contribution < -0.4 is 10.6 Å². The van der Waals surface area contributed by atoms with E-state index >= 15 is 0 Å². The van der Waals surface area contributed by atoms with Crippen molar-refractivity contribution in [1.82, 2.24) is 15.2 Å². The van der Waals surface area contributed by atoms with Gasteiger partial charge >= 0.3 is 6.03 Å². The number of halogens is 1. The Kier molecular flexibility index (Phi) is 6.75. The molecule has 2 aromatic carbocycles. The molecule has 1 saturated heterocycles. The number of pyridine rings is 1. The van der Waals surface area contributed by atoms with E-state index in [4.69, 9.17) is 0 Å². The molecule has 32 heavy (non-hydrogen) atoms. The fourth-order valence-electron chi connectivity index (χ4n) is 3.86. The molecule has 7 heteroatoms. The zero-order valence-electron chi connectivity index (χ0n) is 17.6. The molecular formula is C25H25FN4O2. The normalized spacial score (nSPS) is 15.1. The molecule has 6 nitrogen and oxygen atoms in total. The molecule has 1 aromatic heterocycles. The Bertz CT molecular complexity index is 1040. The summed E-state index contributed by atoms with van der Waals surface area (Å²) in [4.78, 5) is 31.7. The number of amides is 3. The smallest absolute Gasteiger partial charge is 0.321 e. The van der Waals surface area contributed by atoms with Crippen LogP contribution in [0.15, 0.2) is 79.0 Å². The summed E-state index contributed by atoms with van der Waals surface area (Å²) < 4.78 is 13.4. The highest BCUT2D eigenvalue weighted by Crippen LogP contribution is 2.24. The summed E-state index contributed by atoms with van der Waals surface area (Å²) in [7, 11) is 0. The Labute approximate surface area is 186 Å². The predicted octanol–water partition coefficient (Wildman–Crippen LogP) is 4.37. The van der Waals surface area contributed by atoms with Crippen LogP contribution in [0, 0.1) is 11.7 Å². The molecule has 1 aliphatic heterocycles. The van der Waals surface area contributed by atoms with E-state index in [1.165, 1.54) is 12.1 Å². The highest BCUT2D eigenvalue weighted by molar-refractivity contribution is 5.89. The summed E-state index contributed by atoms with van der Waals surface area (Å²) in [6.45, 7) is 1.00. The topological polar surface area (TPSA) is 74.3 Å². The van der Waals surface area contributed by atoms with Crippen LogP contribution in [-0.4, -0.2) is 34.9 Å². The van der Waals surface area contributed by atoms with Crippen molar-refractivity contribution in [1.29, 1.82) is 0 Å². The largest absolute Gasteiger partial charge is 0.343 e. The standard InChI is InChI=1S/C25H25FN4O2/c26-20-11-9-18(10-12-20)23(22-8-4-5-15-27-22)29-24(31)19-13-16-30(17-14-19)25(32)28-21-6-2-1-3-7-21/h1-12,15,19,23H,13-14,16-17H2,(H,28,32)(H,29,31). The Morgan fingerprint density at radius 1 is 0.938 bits per heavy atom. The van der Waals surface area contributed by atoms with Crippen LogP contribution in [0.5, 0.6) is 0 Å². The molecule has 1 unspecified atom stereocenters. The van der Waals surface area contributed by atoms with Gasteiger partial charge in [-0.3, -0.25) is 9.78 Å². The fourth-order valence-corrected chi connectivity index (χ4v) is 3.86. The number of rotatable bonds is 5. The molecule has 1 atom stereocenters. The first-order valence-corrected chi connectivity index (χ1v) is 10.7. The second kappa shape index (κ2) is 10.0. The Hall–Kier alpha value is -3.74. The molecule has 3 aromatic rings. The minimum atomic E-state index is -0.469. The van der Waals surface area contributed by atoms with Crippen LogP contribution in [0.1, 0.15) is 30.1 Å². The number of carbonyl (C=O) groups is 2. The van der Waals surface area contributed by atoms with Crippen LogP contribution >= 0.6 is 0 Å². The summed E-state index contributed by atoms with van der Waals surface area (Å²) in [6.07, 6.45) is 2.82. The Morgan fingerprint density at radius 3 is 2.28 bits per heavy atom. The second-order valence-corrected chi connectivity index (χ2v) is 7.81. The molecule has 2 N–H and O–H groups in total. The molecule has 0 bridgehead atoms. The molecule has 0 aliphatic carbocycles. The number of nitrogens with one attached hydrogen (secondary N) is 2. The zero-order chi connectivity index (χ0) is 22.3. The maximum absolute atomic E-state index is 13.4. The molecule has 164 valence electrons. The van der Waals surface area contributed by atoms with Crippen LogP contribution in [0.3, 0.4) is 0 Å². The lowest BCUT2D eigenvalue weighted by atomic mass is 9.94. The van der Waals surface area contributed by atoms with Crippen molar-refractivity contribution in [3.63, 3.8) is 0 Å². The summed E-state index contributed by atoms with van der Waals surface area (Å²) >= 11 is 0. The van der Waals surface area contributed by atoms with Crippen LogP contribution in [0.4, 0.5) is 14.9 Å². The number of benzene rings is 2. The fraction of sp³-hybridized carbons (Fsp3) is 0.240. The maximum atomic E-state index is 13.4. The highest BCUT2D eigenvalue weighted by Gasteiger charge is 2.29. The molecule has 3 amide bonds. The van der Waals surface area contributed by atoms with Crippen molar-refractivity contribution in [3.8, 4) is 0 Å². The van der Waals surface area contributed by atoms with E-state index in [1.54, 1.807) is 23.2 Å². The van der Waals surface area contributed by atoms with Crippen LogP contribution in [0.2, 0.25) is 0 Å². The van der Waals surface area contributed by atoms with E-state index in [0.717, 1.165) is 11.3 Å². The van der Waals surface area contributed by atoms with Gasteiger partial charge in [0, 0.05) is 30.9 Å². The van der Waals surface area contributed by atoms with Crippen molar-refractivity contribution < 1.29 is 14.0 Å². The molecule has 0 radical (unpaired) electrons. The number of anilines is 1. The highest BCUT2D eigenvalue weighted by atomic mass is 19.1. The molecule has 1 fully saturated rings. The van der Waals surface area contributed by atoms with Gasteiger partial charge < -0.3 is 15.5 Å². The number of likely N-dealkylation sites (tertiary alicyclic amines) is 1.